The quantitative estimate of drug-likeness (QED) is 0.456. The molecule has 0 atom stereocenters. The molecule has 0 saturated carbocycles. The van der Waals surface area contributed by atoms with E-state index in [1.165, 1.54) is 36.0 Å². The van der Waals surface area contributed by atoms with Gasteiger partial charge in [-0.1, -0.05) is 11.8 Å². The van der Waals surface area contributed by atoms with Gasteiger partial charge in [0.1, 0.15) is 11.6 Å². The van der Waals surface area contributed by atoms with Crippen LogP contribution >= 0.6 is 11.8 Å². The summed E-state index contributed by atoms with van der Waals surface area (Å²) in [5, 5.41) is 11.9. The van der Waals surface area contributed by atoms with Crippen LogP contribution in [0.5, 0.6) is 5.75 Å². The van der Waals surface area contributed by atoms with E-state index in [0.29, 0.717) is 16.7 Å². The first-order valence-corrected chi connectivity index (χ1v) is 10.0. The van der Waals surface area contributed by atoms with Gasteiger partial charge >= 0.3 is 0 Å². The van der Waals surface area contributed by atoms with Gasteiger partial charge in [0.25, 0.3) is 0 Å². The molecule has 30 heavy (non-hydrogen) atoms. The van der Waals surface area contributed by atoms with Crippen LogP contribution < -0.4 is 10.1 Å². The van der Waals surface area contributed by atoms with Gasteiger partial charge < -0.3 is 10.1 Å². The van der Waals surface area contributed by atoms with Crippen LogP contribution in [0.15, 0.2) is 78.2 Å². The molecule has 0 spiro atoms. The summed E-state index contributed by atoms with van der Waals surface area (Å²) in [6.45, 7) is 0. The lowest BCUT2D eigenvalue weighted by molar-refractivity contribution is -0.113. The third-order valence-corrected chi connectivity index (χ3v) is 5.16. The molecule has 1 amide bonds. The number of aromatic nitrogens is 4. The minimum absolute atomic E-state index is 0.124. The Hall–Kier alpha value is -3.59. The number of benzene rings is 2. The monoisotopic (exact) mass is 423 g/mol. The number of thioether (sulfide) groups is 1. The predicted molar refractivity (Wildman–Crippen MR) is 113 cm³/mol. The van der Waals surface area contributed by atoms with E-state index in [1.54, 1.807) is 7.11 Å². The number of halogens is 1. The van der Waals surface area contributed by atoms with Gasteiger partial charge in [0.2, 0.25) is 11.1 Å². The van der Waals surface area contributed by atoms with Crippen molar-refractivity contribution in [3.05, 3.63) is 78.9 Å². The summed E-state index contributed by atoms with van der Waals surface area (Å²) in [6.07, 6.45) is 3.75. The Labute approximate surface area is 176 Å². The molecule has 0 aliphatic rings. The largest absolute Gasteiger partial charge is 0.497 e. The maximum absolute atomic E-state index is 13.0. The lowest BCUT2D eigenvalue weighted by atomic mass is 10.2. The van der Waals surface area contributed by atoms with E-state index in [2.05, 4.69) is 15.5 Å². The Morgan fingerprint density at radius 1 is 1.07 bits per heavy atom. The van der Waals surface area contributed by atoms with Crippen molar-refractivity contribution in [2.24, 2.45) is 0 Å². The molecule has 4 rings (SSSR count). The molecule has 0 radical (unpaired) electrons. The van der Waals surface area contributed by atoms with E-state index in [-0.39, 0.29) is 17.5 Å². The molecule has 2 aromatic heterocycles. The highest BCUT2D eigenvalue weighted by atomic mass is 32.2. The highest BCUT2D eigenvalue weighted by molar-refractivity contribution is 7.99. The molecule has 0 bridgehead atoms. The van der Waals surface area contributed by atoms with E-state index in [0.717, 1.165) is 11.3 Å². The molecule has 0 aliphatic heterocycles. The van der Waals surface area contributed by atoms with E-state index >= 15 is 0 Å². The maximum atomic E-state index is 13.0. The maximum Gasteiger partial charge on any atom is 0.234 e. The number of methoxy groups -OCH3 is 1. The minimum Gasteiger partial charge on any atom is -0.497 e. The van der Waals surface area contributed by atoms with Crippen molar-refractivity contribution in [1.29, 1.82) is 0 Å². The fourth-order valence-corrected chi connectivity index (χ4v) is 3.54. The van der Waals surface area contributed by atoms with E-state index in [9.17, 15) is 9.18 Å². The molecule has 0 saturated heterocycles. The van der Waals surface area contributed by atoms with Crippen LogP contribution in [0.2, 0.25) is 0 Å². The number of carbonyl (C=O) groups is 1. The lowest BCUT2D eigenvalue weighted by Crippen LogP contribution is -2.15. The molecular weight excluding hydrogens is 405 g/mol. The zero-order valence-corrected chi connectivity index (χ0v) is 16.8. The third kappa shape index (κ3) is 4.36. The minimum atomic E-state index is -0.353. The number of anilines is 1. The van der Waals surface area contributed by atoms with Crippen molar-refractivity contribution in [2.45, 2.75) is 5.16 Å². The Balaban J connectivity index is 1.55. The van der Waals surface area contributed by atoms with Gasteiger partial charge in [-0.05, 0) is 60.7 Å². The normalized spacial score (nSPS) is 10.7. The highest BCUT2D eigenvalue weighted by Gasteiger charge is 2.17. The molecule has 7 nitrogen and oxygen atoms in total. The number of nitrogens with one attached hydrogen (secondary N) is 1. The second kappa shape index (κ2) is 8.83. The summed E-state index contributed by atoms with van der Waals surface area (Å²) in [6, 6.07) is 16.9. The summed E-state index contributed by atoms with van der Waals surface area (Å²) >= 11 is 1.26. The van der Waals surface area contributed by atoms with Crippen molar-refractivity contribution in [2.75, 3.05) is 18.2 Å². The summed E-state index contributed by atoms with van der Waals surface area (Å²) in [4.78, 5) is 12.3. The SMILES string of the molecule is COc1ccc(-c2nnc(SCC(=O)Nc3ccc(F)cc3)n2-n2cccc2)cc1. The van der Waals surface area contributed by atoms with Gasteiger partial charge in [-0.25, -0.2) is 9.07 Å². The van der Waals surface area contributed by atoms with Crippen LogP contribution in [-0.4, -0.2) is 38.3 Å². The van der Waals surface area contributed by atoms with Crippen LogP contribution in [0.25, 0.3) is 11.4 Å². The van der Waals surface area contributed by atoms with Crippen LogP contribution in [0, 0.1) is 5.82 Å². The first-order valence-electron chi connectivity index (χ1n) is 9.06. The highest BCUT2D eigenvalue weighted by Crippen LogP contribution is 2.26. The molecule has 152 valence electrons. The lowest BCUT2D eigenvalue weighted by Gasteiger charge is -2.11. The van der Waals surface area contributed by atoms with Crippen LogP contribution in [0.3, 0.4) is 0 Å². The van der Waals surface area contributed by atoms with Gasteiger partial charge in [-0.15, -0.1) is 10.2 Å². The number of amides is 1. The Morgan fingerprint density at radius 3 is 2.43 bits per heavy atom. The first kappa shape index (κ1) is 19.7. The van der Waals surface area contributed by atoms with Crippen molar-refractivity contribution < 1.29 is 13.9 Å². The molecule has 0 fully saturated rings. The summed E-state index contributed by atoms with van der Waals surface area (Å²) in [7, 11) is 1.61. The Morgan fingerprint density at radius 2 is 1.77 bits per heavy atom. The van der Waals surface area contributed by atoms with E-state index in [1.807, 2.05) is 58.1 Å². The van der Waals surface area contributed by atoms with E-state index in [4.69, 9.17) is 4.74 Å². The van der Waals surface area contributed by atoms with Crippen molar-refractivity contribution in [3.63, 3.8) is 0 Å². The average Bonchev–Trinajstić information content (AvgIpc) is 3.43. The number of ether oxygens (including phenoxy) is 1. The molecule has 4 aromatic rings. The van der Waals surface area contributed by atoms with Crippen molar-refractivity contribution in [3.8, 4) is 17.1 Å². The summed E-state index contributed by atoms with van der Waals surface area (Å²) < 4.78 is 21.9. The summed E-state index contributed by atoms with van der Waals surface area (Å²) in [5.74, 6) is 0.931. The Bertz CT molecular complexity index is 1130. The second-order valence-corrected chi connectivity index (χ2v) is 7.20. The zero-order chi connectivity index (χ0) is 20.9. The molecule has 0 aliphatic carbocycles. The fourth-order valence-electron chi connectivity index (χ4n) is 2.80. The number of nitrogens with zero attached hydrogens (tertiary/aromatic N) is 4. The molecular formula is C21H18FN5O2S. The number of carbonyl (C=O) groups excluding carboxylic acids is 1. The van der Waals surface area contributed by atoms with Gasteiger partial charge in [0.05, 0.1) is 12.9 Å². The van der Waals surface area contributed by atoms with Crippen LogP contribution in [0.4, 0.5) is 10.1 Å². The van der Waals surface area contributed by atoms with Crippen molar-refractivity contribution in [1.82, 2.24) is 19.5 Å². The number of hydrogen-bond donors (Lipinski definition) is 1. The smallest absolute Gasteiger partial charge is 0.234 e. The first-order chi connectivity index (χ1) is 14.6. The molecule has 9 heteroatoms. The van der Waals surface area contributed by atoms with Crippen LogP contribution in [-0.2, 0) is 4.79 Å². The topological polar surface area (TPSA) is 74.0 Å². The second-order valence-electron chi connectivity index (χ2n) is 6.25. The molecule has 2 heterocycles. The standard InChI is InChI=1S/C21H18FN5O2S/c1-29-18-10-4-15(5-11-18)20-24-25-21(27(20)26-12-2-3-13-26)30-14-19(28)23-17-8-6-16(22)7-9-17/h2-13H,14H2,1H3,(H,23,28). The summed E-state index contributed by atoms with van der Waals surface area (Å²) in [5.41, 5.74) is 1.40. The Kier molecular flexibility index (Phi) is 5.80. The molecule has 2 aromatic carbocycles. The number of hydrogen-bond acceptors (Lipinski definition) is 5. The zero-order valence-electron chi connectivity index (χ0n) is 16.0. The van der Waals surface area contributed by atoms with Gasteiger partial charge in [-0.3, -0.25) is 9.47 Å². The fraction of sp³-hybridized carbons (Fsp3) is 0.0952. The van der Waals surface area contributed by atoms with E-state index < -0.39 is 0 Å². The predicted octanol–water partition coefficient (Wildman–Crippen LogP) is 3.94. The number of rotatable bonds is 7. The molecule has 0 unspecified atom stereocenters. The van der Waals surface area contributed by atoms with Crippen molar-refractivity contribution >= 4 is 23.4 Å². The third-order valence-electron chi connectivity index (χ3n) is 4.24. The van der Waals surface area contributed by atoms with Gasteiger partial charge in [-0.2, -0.15) is 0 Å². The average molecular weight is 423 g/mol. The molecule has 1 N–H and O–H groups in total. The van der Waals surface area contributed by atoms with Gasteiger partial charge in [0.15, 0.2) is 5.82 Å². The van der Waals surface area contributed by atoms with Gasteiger partial charge in [0, 0.05) is 23.6 Å². The van der Waals surface area contributed by atoms with Crippen LogP contribution in [0.1, 0.15) is 0 Å².